The van der Waals surface area contributed by atoms with Crippen LogP contribution in [-0.4, -0.2) is 25.9 Å². The molecule has 1 rings (SSSR count). The normalized spacial score (nSPS) is 11.3. The van der Waals surface area contributed by atoms with Crippen LogP contribution in [0.15, 0.2) is 24.3 Å². The van der Waals surface area contributed by atoms with Gasteiger partial charge < -0.3 is 9.47 Å². The highest BCUT2D eigenvalue weighted by molar-refractivity contribution is 5.98. The van der Waals surface area contributed by atoms with E-state index >= 15 is 0 Å². The summed E-state index contributed by atoms with van der Waals surface area (Å²) >= 11 is 0. The van der Waals surface area contributed by atoms with Crippen LogP contribution in [0.1, 0.15) is 16.8 Å². The lowest BCUT2D eigenvalue weighted by Gasteiger charge is -2.12. The molecule has 0 aliphatic heterocycles. The number of ketones is 1. The van der Waals surface area contributed by atoms with E-state index < -0.39 is 17.9 Å². The Balaban J connectivity index is 2.88. The van der Waals surface area contributed by atoms with Gasteiger partial charge in [-0.15, -0.1) is 13.2 Å². The average molecular weight is 248 g/mol. The quantitative estimate of drug-likeness (QED) is 0.751. The number of ether oxygens (including phenoxy) is 2. The van der Waals surface area contributed by atoms with Crippen LogP contribution in [-0.2, 0) is 4.74 Å². The first-order chi connectivity index (χ1) is 7.94. The predicted molar refractivity (Wildman–Crippen MR) is 53.9 cm³/mol. The molecule has 0 unspecified atom stereocenters. The molecule has 0 atom stereocenters. The average Bonchev–Trinajstić information content (AvgIpc) is 2.24. The molecule has 0 aliphatic carbocycles. The van der Waals surface area contributed by atoms with Gasteiger partial charge in [-0.05, 0) is 12.1 Å². The number of rotatable bonds is 5. The summed E-state index contributed by atoms with van der Waals surface area (Å²) < 4.78 is 44.7. The second-order valence-electron chi connectivity index (χ2n) is 3.21. The number of hydrogen-bond acceptors (Lipinski definition) is 3. The lowest BCUT2D eigenvalue weighted by Crippen LogP contribution is -2.19. The summed E-state index contributed by atoms with van der Waals surface area (Å²) in [5.74, 6) is -0.937. The minimum Gasteiger partial charge on any atom is -0.405 e. The van der Waals surface area contributed by atoms with E-state index in [4.69, 9.17) is 4.74 Å². The largest absolute Gasteiger partial charge is 0.573 e. The van der Waals surface area contributed by atoms with Crippen molar-refractivity contribution in [1.82, 2.24) is 0 Å². The Hall–Kier alpha value is -1.56. The fourth-order valence-electron chi connectivity index (χ4n) is 1.24. The Morgan fingerprint density at radius 3 is 2.53 bits per heavy atom. The Morgan fingerprint density at radius 2 is 1.94 bits per heavy atom. The third kappa shape index (κ3) is 4.44. The first-order valence-electron chi connectivity index (χ1n) is 4.81. The van der Waals surface area contributed by atoms with Crippen LogP contribution in [0.4, 0.5) is 13.2 Å². The molecule has 0 aromatic heterocycles. The van der Waals surface area contributed by atoms with E-state index in [2.05, 4.69) is 4.74 Å². The standard InChI is InChI=1S/C11H11F3O3/c1-16-7-6-9(15)8-4-2-3-5-10(8)17-11(12,13)14/h2-5H,6-7H2,1H3. The summed E-state index contributed by atoms with van der Waals surface area (Å²) in [6, 6.07) is 5.24. The number of hydrogen-bond donors (Lipinski definition) is 0. The molecule has 0 aliphatic rings. The Bertz CT molecular complexity index is 388. The van der Waals surface area contributed by atoms with Crippen molar-refractivity contribution in [2.45, 2.75) is 12.8 Å². The number of carbonyl (C=O) groups excluding carboxylic acids is 1. The smallest absolute Gasteiger partial charge is 0.405 e. The molecule has 6 heteroatoms. The molecule has 0 radical (unpaired) electrons. The van der Waals surface area contributed by atoms with Gasteiger partial charge in [0.05, 0.1) is 12.2 Å². The number of halogens is 3. The fraction of sp³-hybridized carbons (Fsp3) is 0.364. The van der Waals surface area contributed by atoms with Crippen LogP contribution in [0, 0.1) is 0 Å². The van der Waals surface area contributed by atoms with Gasteiger partial charge in [0.25, 0.3) is 0 Å². The minimum atomic E-state index is -4.81. The van der Waals surface area contributed by atoms with E-state index in [1.165, 1.54) is 25.3 Å². The molecule has 0 heterocycles. The fourth-order valence-corrected chi connectivity index (χ4v) is 1.24. The summed E-state index contributed by atoms with van der Waals surface area (Å²) in [4.78, 5) is 11.6. The zero-order chi connectivity index (χ0) is 12.9. The third-order valence-electron chi connectivity index (χ3n) is 1.95. The molecule has 1 aromatic carbocycles. The molecule has 94 valence electrons. The molecule has 0 fully saturated rings. The van der Waals surface area contributed by atoms with E-state index in [0.29, 0.717) is 0 Å². The van der Waals surface area contributed by atoms with Gasteiger partial charge in [0, 0.05) is 13.5 Å². The van der Waals surface area contributed by atoms with E-state index in [0.717, 1.165) is 6.07 Å². The van der Waals surface area contributed by atoms with Gasteiger partial charge in [-0.25, -0.2) is 0 Å². The highest BCUT2D eigenvalue weighted by Crippen LogP contribution is 2.26. The van der Waals surface area contributed by atoms with Crippen molar-refractivity contribution >= 4 is 5.78 Å². The van der Waals surface area contributed by atoms with Gasteiger partial charge in [0.15, 0.2) is 5.78 Å². The van der Waals surface area contributed by atoms with E-state index in [-0.39, 0.29) is 18.6 Å². The summed E-state index contributed by atoms with van der Waals surface area (Å²) in [5.41, 5.74) is -0.0955. The zero-order valence-corrected chi connectivity index (χ0v) is 9.08. The van der Waals surface area contributed by atoms with Crippen molar-refractivity contribution in [3.63, 3.8) is 0 Å². The number of para-hydroxylation sites is 1. The van der Waals surface area contributed by atoms with Crippen molar-refractivity contribution < 1.29 is 27.4 Å². The van der Waals surface area contributed by atoms with Gasteiger partial charge in [-0.1, -0.05) is 12.1 Å². The lowest BCUT2D eigenvalue weighted by molar-refractivity contribution is -0.274. The molecule has 0 N–H and O–H groups in total. The number of methoxy groups -OCH3 is 1. The molecular weight excluding hydrogens is 237 g/mol. The predicted octanol–water partition coefficient (Wildman–Crippen LogP) is 2.80. The maximum Gasteiger partial charge on any atom is 0.573 e. The van der Waals surface area contributed by atoms with Crippen molar-refractivity contribution in [2.75, 3.05) is 13.7 Å². The van der Waals surface area contributed by atoms with Crippen molar-refractivity contribution in [3.05, 3.63) is 29.8 Å². The molecule has 17 heavy (non-hydrogen) atoms. The Morgan fingerprint density at radius 1 is 1.29 bits per heavy atom. The van der Waals surface area contributed by atoms with Crippen molar-refractivity contribution in [3.8, 4) is 5.75 Å². The van der Waals surface area contributed by atoms with Gasteiger partial charge in [0.2, 0.25) is 0 Å². The Labute approximate surface area is 96.1 Å². The van der Waals surface area contributed by atoms with Crippen LogP contribution in [0.3, 0.4) is 0 Å². The van der Waals surface area contributed by atoms with Crippen LogP contribution in [0.2, 0.25) is 0 Å². The molecule has 0 spiro atoms. The summed E-state index contributed by atoms with van der Waals surface area (Å²) in [6.45, 7) is 0.152. The van der Waals surface area contributed by atoms with E-state index in [9.17, 15) is 18.0 Å². The Kier molecular flexibility index (Phi) is 4.51. The number of alkyl halides is 3. The SMILES string of the molecule is COCCC(=O)c1ccccc1OC(F)(F)F. The third-order valence-corrected chi connectivity index (χ3v) is 1.95. The zero-order valence-electron chi connectivity index (χ0n) is 9.08. The van der Waals surface area contributed by atoms with Crippen LogP contribution in [0.25, 0.3) is 0 Å². The lowest BCUT2D eigenvalue weighted by atomic mass is 10.1. The minimum absolute atomic E-state index is 0.00866. The highest BCUT2D eigenvalue weighted by atomic mass is 19.4. The maximum atomic E-state index is 12.1. The second kappa shape index (κ2) is 5.67. The van der Waals surface area contributed by atoms with Gasteiger partial charge in [-0.2, -0.15) is 0 Å². The van der Waals surface area contributed by atoms with Gasteiger partial charge in [0.1, 0.15) is 5.75 Å². The van der Waals surface area contributed by atoms with Gasteiger partial charge >= 0.3 is 6.36 Å². The highest BCUT2D eigenvalue weighted by Gasteiger charge is 2.32. The molecule has 3 nitrogen and oxygen atoms in total. The van der Waals surface area contributed by atoms with Crippen molar-refractivity contribution in [2.24, 2.45) is 0 Å². The van der Waals surface area contributed by atoms with Crippen LogP contribution < -0.4 is 4.74 Å². The summed E-state index contributed by atoms with van der Waals surface area (Å²) in [5, 5.41) is 0. The topological polar surface area (TPSA) is 35.5 Å². The van der Waals surface area contributed by atoms with Crippen molar-refractivity contribution in [1.29, 1.82) is 0 Å². The molecule has 1 aromatic rings. The summed E-state index contributed by atoms with van der Waals surface area (Å²) in [7, 11) is 1.41. The molecule has 0 amide bonds. The number of carbonyl (C=O) groups is 1. The first kappa shape index (κ1) is 13.5. The number of benzene rings is 1. The molecule has 0 saturated carbocycles. The van der Waals surface area contributed by atoms with E-state index in [1.807, 2.05) is 0 Å². The maximum absolute atomic E-state index is 12.1. The molecule has 0 saturated heterocycles. The summed E-state index contributed by atoms with van der Waals surface area (Å²) in [6.07, 6.45) is -4.80. The molecule has 0 bridgehead atoms. The monoisotopic (exact) mass is 248 g/mol. The second-order valence-corrected chi connectivity index (χ2v) is 3.21. The molecular formula is C11H11F3O3. The van der Waals surface area contributed by atoms with Crippen LogP contribution in [0.5, 0.6) is 5.75 Å². The van der Waals surface area contributed by atoms with Gasteiger partial charge in [-0.3, -0.25) is 4.79 Å². The van der Waals surface area contributed by atoms with E-state index in [1.54, 1.807) is 0 Å². The van der Waals surface area contributed by atoms with Crippen LogP contribution >= 0.6 is 0 Å². The number of Topliss-reactive ketones (excluding diaryl/α,β-unsaturated/α-hetero) is 1. The first-order valence-corrected chi connectivity index (χ1v) is 4.81.